The molecule has 2 aromatic carbocycles. The molecule has 0 bridgehead atoms. The second kappa shape index (κ2) is 9.12. The first-order chi connectivity index (χ1) is 17.8. The Morgan fingerprint density at radius 3 is 2.54 bits per heavy atom. The van der Waals surface area contributed by atoms with Crippen molar-refractivity contribution >= 4 is 22.4 Å². The monoisotopic (exact) mass is 507 g/mol. The molecule has 3 aliphatic rings. The standard InChI is InChI=1S/C30H28F3NO3/c31-30(32,33)25-14-18(8-10-23(25)19-4-1-2-5-19)17-37-22-9-11-26-24(16-22)28(20-6-3-7-20)29-21(15-27(35)36)12-13-34(26)29/h3,6-11,14,16,19,21H,1-2,4-5,12-13,15,17H2,(H,35,36). The van der Waals surface area contributed by atoms with Crippen molar-refractivity contribution in [1.82, 2.24) is 4.57 Å². The van der Waals surface area contributed by atoms with Crippen LogP contribution < -0.4 is 4.74 Å². The van der Waals surface area contributed by atoms with Gasteiger partial charge in [-0.3, -0.25) is 4.79 Å². The van der Waals surface area contributed by atoms with Gasteiger partial charge in [-0.15, -0.1) is 0 Å². The number of carbonyl (C=O) groups is 1. The molecule has 7 heteroatoms. The van der Waals surface area contributed by atoms with Gasteiger partial charge in [0.2, 0.25) is 0 Å². The Kier molecular flexibility index (Phi) is 5.89. The first-order valence-corrected chi connectivity index (χ1v) is 12.9. The van der Waals surface area contributed by atoms with Crippen molar-refractivity contribution in [2.24, 2.45) is 0 Å². The number of carboxylic acid groups (broad SMARTS) is 1. The summed E-state index contributed by atoms with van der Waals surface area (Å²) in [7, 11) is 0. The smallest absolute Gasteiger partial charge is 0.416 e. The highest BCUT2D eigenvalue weighted by Gasteiger charge is 2.36. The number of hydrogen-bond acceptors (Lipinski definition) is 2. The summed E-state index contributed by atoms with van der Waals surface area (Å²) in [5.41, 5.74) is 4.50. The fourth-order valence-electron chi connectivity index (χ4n) is 6.30. The van der Waals surface area contributed by atoms with Crippen LogP contribution in [0.4, 0.5) is 13.2 Å². The molecule has 1 fully saturated rings. The van der Waals surface area contributed by atoms with Crippen molar-refractivity contribution in [3.63, 3.8) is 0 Å². The molecule has 0 saturated heterocycles. The van der Waals surface area contributed by atoms with Crippen LogP contribution in [-0.2, 0) is 24.1 Å². The minimum atomic E-state index is -4.40. The Morgan fingerprint density at radius 2 is 1.86 bits per heavy atom. The Morgan fingerprint density at radius 1 is 1.08 bits per heavy atom. The maximum Gasteiger partial charge on any atom is 0.416 e. The second-order valence-electron chi connectivity index (χ2n) is 10.3. The van der Waals surface area contributed by atoms with Crippen molar-refractivity contribution in [3.8, 4) is 5.75 Å². The fourth-order valence-corrected chi connectivity index (χ4v) is 6.30. The molecule has 0 spiro atoms. The number of aromatic nitrogens is 1. The quantitative estimate of drug-likeness (QED) is 0.355. The third-order valence-corrected chi connectivity index (χ3v) is 8.05. The molecule has 2 aliphatic carbocycles. The van der Waals surface area contributed by atoms with E-state index in [1.807, 2.05) is 36.4 Å². The molecule has 1 atom stereocenters. The molecule has 6 rings (SSSR count). The largest absolute Gasteiger partial charge is 0.489 e. The van der Waals surface area contributed by atoms with E-state index in [1.165, 1.54) is 6.07 Å². The number of allylic oxidation sites excluding steroid dienone is 4. The van der Waals surface area contributed by atoms with E-state index >= 15 is 0 Å². The summed E-state index contributed by atoms with van der Waals surface area (Å²) in [5, 5.41) is 10.4. The van der Waals surface area contributed by atoms with Crippen LogP contribution in [0.3, 0.4) is 0 Å². The number of rotatable bonds is 7. The second-order valence-corrected chi connectivity index (χ2v) is 10.3. The zero-order valence-electron chi connectivity index (χ0n) is 20.4. The van der Waals surface area contributed by atoms with Crippen LogP contribution in [0.1, 0.15) is 78.3 Å². The first kappa shape index (κ1) is 23.9. The summed E-state index contributed by atoms with van der Waals surface area (Å²) in [5.74, 6) is -0.318. The summed E-state index contributed by atoms with van der Waals surface area (Å²) < 4.78 is 49.8. The van der Waals surface area contributed by atoms with E-state index in [0.29, 0.717) is 16.9 Å². The lowest BCUT2D eigenvalue weighted by molar-refractivity contribution is -0.139. The average molecular weight is 508 g/mol. The number of hydrogen-bond donors (Lipinski definition) is 1. The van der Waals surface area contributed by atoms with Crippen LogP contribution in [0.25, 0.3) is 16.5 Å². The van der Waals surface area contributed by atoms with Crippen molar-refractivity contribution < 1.29 is 27.8 Å². The summed E-state index contributed by atoms with van der Waals surface area (Å²) in [6.45, 7) is 0.793. The SMILES string of the molecule is O=C(O)CC1CCn2c1c(C1=CC=C1)c1cc(OCc3ccc(C4CCCC4)c(C(F)(F)F)c3)ccc12. The zero-order valence-corrected chi connectivity index (χ0v) is 20.4. The molecule has 192 valence electrons. The van der Waals surface area contributed by atoms with Gasteiger partial charge in [-0.1, -0.05) is 43.2 Å². The summed E-state index contributed by atoms with van der Waals surface area (Å²) in [4.78, 5) is 11.5. The van der Waals surface area contributed by atoms with Gasteiger partial charge in [0.05, 0.1) is 12.0 Å². The molecule has 1 saturated carbocycles. The molecule has 4 nitrogen and oxygen atoms in total. The minimum Gasteiger partial charge on any atom is -0.489 e. The van der Waals surface area contributed by atoms with Crippen LogP contribution in [-0.4, -0.2) is 15.6 Å². The molecule has 1 N–H and O–H groups in total. The summed E-state index contributed by atoms with van der Waals surface area (Å²) in [6, 6.07) is 10.4. The molecule has 37 heavy (non-hydrogen) atoms. The third-order valence-electron chi connectivity index (χ3n) is 8.05. The van der Waals surface area contributed by atoms with Gasteiger partial charge in [0, 0.05) is 34.6 Å². The van der Waals surface area contributed by atoms with Gasteiger partial charge in [0.1, 0.15) is 12.4 Å². The van der Waals surface area contributed by atoms with Crippen molar-refractivity contribution in [1.29, 1.82) is 0 Å². The highest BCUT2D eigenvalue weighted by Crippen LogP contribution is 2.46. The number of aryl methyl sites for hydroxylation is 1. The molecule has 0 radical (unpaired) electrons. The molecule has 1 unspecified atom stereocenters. The van der Waals surface area contributed by atoms with Gasteiger partial charge >= 0.3 is 12.1 Å². The van der Waals surface area contributed by atoms with E-state index in [2.05, 4.69) is 4.57 Å². The fraction of sp³-hybridized carbons (Fsp3) is 0.367. The molecular weight excluding hydrogens is 479 g/mol. The van der Waals surface area contributed by atoms with E-state index in [4.69, 9.17) is 4.74 Å². The number of halogens is 3. The Bertz CT molecular complexity index is 1440. The predicted octanol–water partition coefficient (Wildman–Crippen LogP) is 7.81. The van der Waals surface area contributed by atoms with Crippen LogP contribution in [0.2, 0.25) is 0 Å². The minimum absolute atomic E-state index is 0.0240. The molecule has 1 aliphatic heterocycles. The third kappa shape index (κ3) is 4.34. The number of carboxylic acids is 1. The van der Waals surface area contributed by atoms with Gasteiger partial charge in [-0.2, -0.15) is 13.2 Å². The van der Waals surface area contributed by atoms with E-state index in [9.17, 15) is 23.1 Å². The maximum atomic E-state index is 13.9. The van der Waals surface area contributed by atoms with Gasteiger partial charge < -0.3 is 14.4 Å². The zero-order chi connectivity index (χ0) is 25.7. The average Bonchev–Trinajstić information content (AvgIpc) is 3.55. The van der Waals surface area contributed by atoms with Crippen LogP contribution in [0.5, 0.6) is 5.75 Å². The Labute approximate surface area is 213 Å². The normalized spacial score (nSPS) is 19.2. The van der Waals surface area contributed by atoms with E-state index in [0.717, 1.165) is 66.4 Å². The number of fused-ring (bicyclic) bond motifs is 3. The van der Waals surface area contributed by atoms with Crippen molar-refractivity contribution in [3.05, 3.63) is 82.6 Å². The molecule has 3 aromatic rings. The van der Waals surface area contributed by atoms with Crippen LogP contribution >= 0.6 is 0 Å². The lowest BCUT2D eigenvalue weighted by Crippen LogP contribution is -2.12. The van der Waals surface area contributed by atoms with E-state index in [1.54, 1.807) is 12.1 Å². The van der Waals surface area contributed by atoms with E-state index in [-0.39, 0.29) is 24.9 Å². The van der Waals surface area contributed by atoms with Gasteiger partial charge in [0.25, 0.3) is 0 Å². The maximum absolute atomic E-state index is 13.9. The summed E-state index contributed by atoms with van der Waals surface area (Å²) in [6.07, 6.45) is 6.04. The molecular formula is C30H28F3NO3. The van der Waals surface area contributed by atoms with E-state index < -0.39 is 17.7 Å². The lowest BCUT2D eigenvalue weighted by Gasteiger charge is -2.19. The first-order valence-electron chi connectivity index (χ1n) is 12.9. The lowest BCUT2D eigenvalue weighted by atomic mass is 9.89. The Balaban J connectivity index is 1.30. The predicted molar refractivity (Wildman–Crippen MR) is 136 cm³/mol. The topological polar surface area (TPSA) is 51.5 Å². The highest BCUT2D eigenvalue weighted by atomic mass is 19.4. The van der Waals surface area contributed by atoms with Gasteiger partial charge in [-0.25, -0.2) is 0 Å². The van der Waals surface area contributed by atoms with Crippen LogP contribution in [0, 0.1) is 0 Å². The van der Waals surface area contributed by atoms with Gasteiger partial charge in [-0.05, 0) is 66.1 Å². The van der Waals surface area contributed by atoms with Crippen molar-refractivity contribution in [2.45, 2.75) is 69.7 Å². The van der Waals surface area contributed by atoms with Gasteiger partial charge in [0.15, 0.2) is 0 Å². The number of ether oxygens (including phenoxy) is 1. The number of aliphatic carboxylic acids is 1. The number of benzene rings is 2. The number of nitrogens with zero attached hydrogens (tertiary/aromatic N) is 1. The summed E-state index contributed by atoms with van der Waals surface area (Å²) >= 11 is 0. The van der Waals surface area contributed by atoms with Crippen LogP contribution in [0.15, 0.2) is 54.6 Å². The Hall–Kier alpha value is -3.48. The molecule has 1 aromatic heterocycles. The number of alkyl halides is 3. The molecule has 0 amide bonds. The van der Waals surface area contributed by atoms with Crippen molar-refractivity contribution in [2.75, 3.05) is 0 Å². The molecule has 2 heterocycles. The highest BCUT2D eigenvalue weighted by molar-refractivity contribution is 6.00.